The summed E-state index contributed by atoms with van der Waals surface area (Å²) >= 11 is 0. The summed E-state index contributed by atoms with van der Waals surface area (Å²) in [6.07, 6.45) is 4.37. The van der Waals surface area contributed by atoms with E-state index >= 15 is 0 Å². The lowest BCUT2D eigenvalue weighted by molar-refractivity contribution is -0.148. The zero-order valence-corrected chi connectivity index (χ0v) is 12.6. The number of aliphatic hydroxyl groups is 1. The SMILES string of the molecule is CC(=O)CCCCCCCCC(C(=O)O)C(O)CC(=O)O. The number of carbonyl (C=O) groups is 3. The lowest BCUT2D eigenvalue weighted by Gasteiger charge is -2.17. The molecule has 0 aromatic carbocycles. The first-order valence-corrected chi connectivity index (χ1v) is 7.46. The summed E-state index contributed by atoms with van der Waals surface area (Å²) in [5.41, 5.74) is 0. The van der Waals surface area contributed by atoms with E-state index in [1.165, 1.54) is 0 Å². The zero-order valence-electron chi connectivity index (χ0n) is 12.6. The van der Waals surface area contributed by atoms with Crippen LogP contribution in [0.4, 0.5) is 0 Å². The summed E-state index contributed by atoms with van der Waals surface area (Å²) in [6, 6.07) is 0. The minimum atomic E-state index is -1.34. The molecule has 0 saturated heterocycles. The number of aliphatic carboxylic acids is 2. The van der Waals surface area contributed by atoms with E-state index in [0.717, 1.165) is 32.1 Å². The third-order valence-corrected chi connectivity index (χ3v) is 3.46. The van der Waals surface area contributed by atoms with Gasteiger partial charge in [-0.25, -0.2) is 0 Å². The van der Waals surface area contributed by atoms with Crippen LogP contribution in [0.5, 0.6) is 0 Å². The van der Waals surface area contributed by atoms with Gasteiger partial charge in [0, 0.05) is 6.42 Å². The number of rotatable bonds is 13. The Morgan fingerprint density at radius 2 is 1.43 bits per heavy atom. The van der Waals surface area contributed by atoms with Gasteiger partial charge in [-0.1, -0.05) is 32.1 Å². The molecule has 0 amide bonds. The second-order valence-electron chi connectivity index (χ2n) is 5.47. The summed E-state index contributed by atoms with van der Waals surface area (Å²) in [5, 5.41) is 27.1. The molecule has 0 aromatic rings. The summed E-state index contributed by atoms with van der Waals surface area (Å²) < 4.78 is 0. The third kappa shape index (κ3) is 11.0. The van der Waals surface area contributed by atoms with Gasteiger partial charge in [-0.05, 0) is 19.8 Å². The summed E-state index contributed by atoms with van der Waals surface area (Å²) in [5.74, 6) is -3.16. The van der Waals surface area contributed by atoms with Crippen molar-refractivity contribution in [2.45, 2.75) is 70.8 Å². The van der Waals surface area contributed by atoms with E-state index in [2.05, 4.69) is 0 Å². The van der Waals surface area contributed by atoms with Crippen molar-refractivity contribution in [2.75, 3.05) is 0 Å². The molecule has 0 aliphatic rings. The molecule has 3 N–H and O–H groups in total. The van der Waals surface area contributed by atoms with Crippen LogP contribution in [0.3, 0.4) is 0 Å². The van der Waals surface area contributed by atoms with Gasteiger partial charge < -0.3 is 20.1 Å². The molecule has 122 valence electrons. The molecule has 0 heterocycles. The van der Waals surface area contributed by atoms with E-state index in [4.69, 9.17) is 10.2 Å². The summed E-state index contributed by atoms with van der Waals surface area (Å²) in [6.45, 7) is 1.58. The van der Waals surface area contributed by atoms with Gasteiger partial charge >= 0.3 is 11.9 Å². The minimum Gasteiger partial charge on any atom is -0.481 e. The number of carboxylic acids is 2. The van der Waals surface area contributed by atoms with Gasteiger partial charge in [0.1, 0.15) is 5.78 Å². The monoisotopic (exact) mass is 302 g/mol. The number of Topliss-reactive ketones (excluding diaryl/α,β-unsaturated/α-hetero) is 1. The Balaban J connectivity index is 3.77. The van der Waals surface area contributed by atoms with Crippen molar-refractivity contribution in [3.05, 3.63) is 0 Å². The van der Waals surface area contributed by atoms with Gasteiger partial charge in [0.15, 0.2) is 0 Å². The van der Waals surface area contributed by atoms with Crippen LogP contribution in [0.25, 0.3) is 0 Å². The Bertz CT molecular complexity index is 339. The number of unbranched alkanes of at least 4 members (excludes halogenated alkanes) is 5. The molecule has 6 heteroatoms. The zero-order chi connectivity index (χ0) is 16.3. The van der Waals surface area contributed by atoms with Crippen molar-refractivity contribution in [1.29, 1.82) is 0 Å². The molecule has 0 radical (unpaired) electrons. The molecule has 0 bridgehead atoms. The van der Waals surface area contributed by atoms with Crippen molar-refractivity contribution in [2.24, 2.45) is 5.92 Å². The molecule has 0 saturated carbocycles. The van der Waals surface area contributed by atoms with E-state index in [0.29, 0.717) is 12.8 Å². The summed E-state index contributed by atoms with van der Waals surface area (Å²) in [7, 11) is 0. The predicted octanol–water partition coefficient (Wildman–Crippen LogP) is 2.23. The van der Waals surface area contributed by atoms with Crippen LogP contribution in [-0.4, -0.2) is 39.1 Å². The van der Waals surface area contributed by atoms with E-state index in [9.17, 15) is 19.5 Å². The van der Waals surface area contributed by atoms with E-state index < -0.39 is 30.4 Å². The standard InChI is InChI=1S/C15H26O6/c1-11(16)8-6-4-2-3-5-7-9-12(15(20)21)13(17)10-14(18)19/h12-13,17H,2-10H2,1H3,(H,18,19)(H,20,21). The van der Waals surface area contributed by atoms with Crippen LogP contribution in [0.1, 0.15) is 64.7 Å². The molecule has 0 rings (SSSR count). The first kappa shape index (κ1) is 19.6. The van der Waals surface area contributed by atoms with Crippen molar-refractivity contribution in [3.8, 4) is 0 Å². The quantitative estimate of drug-likeness (QED) is 0.450. The number of hydrogen-bond donors (Lipinski definition) is 3. The fourth-order valence-electron chi connectivity index (χ4n) is 2.25. The maximum absolute atomic E-state index is 11.0. The van der Waals surface area contributed by atoms with Gasteiger partial charge in [0.2, 0.25) is 0 Å². The normalized spacial score (nSPS) is 13.6. The maximum Gasteiger partial charge on any atom is 0.309 e. The Morgan fingerprint density at radius 1 is 0.905 bits per heavy atom. The highest BCUT2D eigenvalue weighted by molar-refractivity contribution is 5.75. The molecule has 21 heavy (non-hydrogen) atoms. The van der Waals surface area contributed by atoms with Crippen LogP contribution < -0.4 is 0 Å². The summed E-state index contributed by atoms with van der Waals surface area (Å²) in [4.78, 5) is 32.2. The molecule has 2 atom stereocenters. The fraction of sp³-hybridized carbons (Fsp3) is 0.800. The average molecular weight is 302 g/mol. The van der Waals surface area contributed by atoms with Crippen LogP contribution in [0, 0.1) is 5.92 Å². The highest BCUT2D eigenvalue weighted by Gasteiger charge is 2.27. The molecule has 0 spiro atoms. The van der Waals surface area contributed by atoms with Crippen LogP contribution in [0.2, 0.25) is 0 Å². The lowest BCUT2D eigenvalue weighted by atomic mass is 9.93. The van der Waals surface area contributed by atoms with Crippen molar-refractivity contribution < 1.29 is 29.7 Å². The van der Waals surface area contributed by atoms with Crippen LogP contribution >= 0.6 is 0 Å². The molecular weight excluding hydrogens is 276 g/mol. The highest BCUT2D eigenvalue weighted by Crippen LogP contribution is 2.18. The molecule has 0 aliphatic heterocycles. The van der Waals surface area contributed by atoms with Crippen molar-refractivity contribution in [3.63, 3.8) is 0 Å². The van der Waals surface area contributed by atoms with Crippen LogP contribution in [0.15, 0.2) is 0 Å². The van der Waals surface area contributed by atoms with Gasteiger partial charge in [0.25, 0.3) is 0 Å². The van der Waals surface area contributed by atoms with Crippen molar-refractivity contribution >= 4 is 17.7 Å². The predicted molar refractivity (Wildman–Crippen MR) is 77.0 cm³/mol. The largest absolute Gasteiger partial charge is 0.481 e. The van der Waals surface area contributed by atoms with Gasteiger partial charge in [-0.3, -0.25) is 9.59 Å². The third-order valence-electron chi connectivity index (χ3n) is 3.46. The topological polar surface area (TPSA) is 112 Å². The van der Waals surface area contributed by atoms with Crippen molar-refractivity contribution in [1.82, 2.24) is 0 Å². The van der Waals surface area contributed by atoms with Gasteiger partial charge in [-0.15, -0.1) is 0 Å². The molecule has 0 fully saturated rings. The molecule has 0 aliphatic carbocycles. The minimum absolute atomic E-state index is 0.201. The Labute approximate surface area is 125 Å². The van der Waals surface area contributed by atoms with E-state index in [-0.39, 0.29) is 12.2 Å². The number of carbonyl (C=O) groups excluding carboxylic acids is 1. The second-order valence-corrected chi connectivity index (χ2v) is 5.47. The Morgan fingerprint density at radius 3 is 1.90 bits per heavy atom. The van der Waals surface area contributed by atoms with Gasteiger partial charge in [-0.2, -0.15) is 0 Å². The smallest absolute Gasteiger partial charge is 0.309 e. The first-order valence-electron chi connectivity index (χ1n) is 7.46. The number of hydrogen-bond acceptors (Lipinski definition) is 4. The lowest BCUT2D eigenvalue weighted by Crippen LogP contribution is -2.30. The highest BCUT2D eigenvalue weighted by atomic mass is 16.4. The van der Waals surface area contributed by atoms with Crippen LogP contribution in [-0.2, 0) is 14.4 Å². The van der Waals surface area contributed by atoms with Gasteiger partial charge in [0.05, 0.1) is 18.4 Å². The molecule has 2 unspecified atom stereocenters. The Hall–Kier alpha value is -1.43. The second kappa shape index (κ2) is 11.3. The number of ketones is 1. The number of aliphatic hydroxyl groups excluding tert-OH is 1. The molecule has 6 nitrogen and oxygen atoms in total. The Kier molecular flexibility index (Phi) is 10.5. The first-order chi connectivity index (χ1) is 9.84. The maximum atomic E-state index is 11.0. The molecular formula is C15H26O6. The average Bonchev–Trinajstić information content (AvgIpc) is 2.34. The van der Waals surface area contributed by atoms with E-state index in [1.54, 1.807) is 6.92 Å². The van der Waals surface area contributed by atoms with E-state index in [1.807, 2.05) is 0 Å². The molecule has 0 aromatic heterocycles. The number of carboxylic acid groups (broad SMARTS) is 2. The fourth-order valence-corrected chi connectivity index (χ4v) is 2.25.